The Morgan fingerprint density at radius 2 is 2.25 bits per heavy atom. The molecule has 0 saturated carbocycles. The minimum atomic E-state index is -3.25. The monoisotopic (exact) mass is 317 g/mol. The van der Waals surface area contributed by atoms with E-state index in [0.717, 1.165) is 12.3 Å². The molecule has 6 heteroatoms. The van der Waals surface area contributed by atoms with Gasteiger partial charge in [0.05, 0.1) is 10.6 Å². The average molecular weight is 317 g/mol. The average Bonchev–Trinajstić information content (AvgIpc) is 2.38. The maximum Gasteiger partial charge on any atom is 0.178 e. The van der Waals surface area contributed by atoms with Gasteiger partial charge in [-0.15, -0.1) is 0 Å². The molecule has 0 fully saturated rings. The normalized spacial score (nSPS) is 22.2. The molecule has 20 heavy (non-hydrogen) atoms. The molecule has 1 aliphatic rings. The van der Waals surface area contributed by atoms with Gasteiger partial charge in [-0.3, -0.25) is 0 Å². The Bertz CT molecular complexity index is 575. The van der Waals surface area contributed by atoms with Gasteiger partial charge >= 0.3 is 0 Å². The summed E-state index contributed by atoms with van der Waals surface area (Å²) in [4.78, 5) is 0.278. The predicted molar refractivity (Wildman–Crippen MR) is 81.4 cm³/mol. The van der Waals surface area contributed by atoms with Gasteiger partial charge in [0.15, 0.2) is 9.84 Å². The molecule has 0 amide bonds. The topological polar surface area (TPSA) is 46.2 Å². The Morgan fingerprint density at radius 1 is 1.50 bits per heavy atom. The van der Waals surface area contributed by atoms with Gasteiger partial charge < -0.3 is 5.32 Å². The lowest BCUT2D eigenvalue weighted by atomic mass is 10.0. The molecular weight excluding hydrogens is 297 g/mol. The molecule has 2 rings (SSSR count). The first-order valence-corrected chi connectivity index (χ1v) is 9.73. The van der Waals surface area contributed by atoms with Crippen LogP contribution in [0.25, 0.3) is 0 Å². The maximum absolute atomic E-state index is 13.4. The fourth-order valence-corrected chi connectivity index (χ4v) is 4.80. The van der Waals surface area contributed by atoms with Crippen LogP contribution in [0, 0.1) is 11.7 Å². The van der Waals surface area contributed by atoms with Gasteiger partial charge in [-0.25, -0.2) is 12.8 Å². The van der Waals surface area contributed by atoms with E-state index >= 15 is 0 Å². The van der Waals surface area contributed by atoms with Crippen LogP contribution in [0.5, 0.6) is 0 Å². The second kappa shape index (κ2) is 6.45. The highest BCUT2D eigenvalue weighted by Crippen LogP contribution is 2.32. The zero-order valence-corrected chi connectivity index (χ0v) is 13.4. The fourth-order valence-electron chi connectivity index (χ4n) is 2.51. The van der Waals surface area contributed by atoms with Crippen LogP contribution in [0.3, 0.4) is 0 Å². The number of rotatable bonds is 5. The number of halogens is 1. The molecule has 2 unspecified atom stereocenters. The molecule has 1 aromatic carbocycles. The maximum atomic E-state index is 13.4. The minimum absolute atomic E-state index is 0.0754. The molecule has 2 atom stereocenters. The van der Waals surface area contributed by atoms with Gasteiger partial charge in [0, 0.05) is 6.04 Å². The first-order valence-electron chi connectivity index (χ1n) is 6.68. The van der Waals surface area contributed by atoms with E-state index in [1.807, 2.05) is 0 Å². The summed E-state index contributed by atoms with van der Waals surface area (Å²) in [5.74, 6) is 1.29. The molecule has 0 aromatic heterocycles. The van der Waals surface area contributed by atoms with Crippen LogP contribution < -0.4 is 5.32 Å². The van der Waals surface area contributed by atoms with Crippen molar-refractivity contribution >= 4 is 21.6 Å². The Morgan fingerprint density at radius 3 is 2.95 bits per heavy atom. The second-order valence-corrected chi connectivity index (χ2v) is 8.30. The minimum Gasteiger partial charge on any atom is -0.310 e. The largest absolute Gasteiger partial charge is 0.310 e. The molecule has 0 saturated heterocycles. The quantitative estimate of drug-likeness (QED) is 0.848. The number of sulfone groups is 1. The molecule has 1 aliphatic heterocycles. The highest BCUT2D eigenvalue weighted by Gasteiger charge is 2.30. The van der Waals surface area contributed by atoms with E-state index in [4.69, 9.17) is 0 Å². The van der Waals surface area contributed by atoms with Crippen LogP contribution in [0.15, 0.2) is 23.1 Å². The third-order valence-corrected chi connectivity index (χ3v) is 6.24. The SMILES string of the molecule is CSCC(C)CNC1CCS(=O)(=O)c2ccc(F)cc21. The lowest BCUT2D eigenvalue weighted by Gasteiger charge is -2.27. The lowest BCUT2D eigenvalue weighted by molar-refractivity contribution is 0.451. The second-order valence-electron chi connectivity index (χ2n) is 5.31. The van der Waals surface area contributed by atoms with E-state index < -0.39 is 9.84 Å². The molecule has 0 bridgehead atoms. The summed E-state index contributed by atoms with van der Waals surface area (Å²) in [6, 6.07) is 3.88. The van der Waals surface area contributed by atoms with Crippen LogP contribution >= 0.6 is 11.8 Å². The number of benzene rings is 1. The number of hydrogen-bond acceptors (Lipinski definition) is 4. The summed E-state index contributed by atoms with van der Waals surface area (Å²) in [6.45, 7) is 2.96. The van der Waals surface area contributed by atoms with E-state index in [0.29, 0.717) is 17.9 Å². The smallest absolute Gasteiger partial charge is 0.178 e. The first-order chi connectivity index (χ1) is 9.44. The van der Waals surface area contributed by atoms with Crippen molar-refractivity contribution in [3.8, 4) is 0 Å². The third kappa shape index (κ3) is 3.54. The van der Waals surface area contributed by atoms with Crippen LogP contribution in [-0.2, 0) is 9.84 Å². The van der Waals surface area contributed by atoms with Crippen LogP contribution in [-0.4, -0.2) is 32.7 Å². The molecular formula is C14H20FNO2S2. The highest BCUT2D eigenvalue weighted by molar-refractivity contribution is 7.98. The summed E-state index contributed by atoms with van der Waals surface area (Å²) in [7, 11) is -3.25. The Labute approximate surface area is 124 Å². The Hall–Kier alpha value is -0.590. The summed E-state index contributed by atoms with van der Waals surface area (Å²) in [6.07, 6.45) is 2.57. The number of thioether (sulfide) groups is 1. The van der Waals surface area contributed by atoms with Crippen molar-refractivity contribution in [2.45, 2.75) is 24.3 Å². The standard InChI is InChI=1S/C14H20FNO2S2/c1-10(9-19-2)8-16-13-5-6-20(17,18)14-4-3-11(15)7-12(13)14/h3-4,7,10,13,16H,5-6,8-9H2,1-2H3. The van der Waals surface area contributed by atoms with E-state index in [2.05, 4.69) is 18.5 Å². The summed E-state index contributed by atoms with van der Waals surface area (Å²) in [5, 5.41) is 3.38. The van der Waals surface area contributed by atoms with Crippen molar-refractivity contribution in [3.05, 3.63) is 29.6 Å². The molecule has 1 N–H and O–H groups in total. The van der Waals surface area contributed by atoms with E-state index in [-0.39, 0.29) is 22.5 Å². The van der Waals surface area contributed by atoms with Crippen molar-refractivity contribution in [1.29, 1.82) is 0 Å². The van der Waals surface area contributed by atoms with Crippen molar-refractivity contribution in [2.75, 3.05) is 24.3 Å². The highest BCUT2D eigenvalue weighted by atomic mass is 32.2. The number of fused-ring (bicyclic) bond motifs is 1. The van der Waals surface area contributed by atoms with E-state index in [1.54, 1.807) is 11.8 Å². The van der Waals surface area contributed by atoms with E-state index in [1.165, 1.54) is 18.2 Å². The van der Waals surface area contributed by atoms with Gasteiger partial charge in [0.25, 0.3) is 0 Å². The van der Waals surface area contributed by atoms with Crippen LogP contribution in [0.2, 0.25) is 0 Å². The molecule has 0 aliphatic carbocycles. The summed E-state index contributed by atoms with van der Waals surface area (Å²) in [5.41, 5.74) is 0.576. The first kappa shape index (κ1) is 15.8. The zero-order chi connectivity index (χ0) is 14.8. The van der Waals surface area contributed by atoms with Crippen molar-refractivity contribution < 1.29 is 12.8 Å². The molecule has 1 heterocycles. The molecule has 3 nitrogen and oxygen atoms in total. The molecule has 0 spiro atoms. The van der Waals surface area contributed by atoms with Gasteiger partial charge in [-0.1, -0.05) is 6.92 Å². The van der Waals surface area contributed by atoms with Crippen molar-refractivity contribution in [2.24, 2.45) is 5.92 Å². The predicted octanol–water partition coefficient (Wildman–Crippen LogP) is 2.63. The Balaban J connectivity index is 2.19. The van der Waals surface area contributed by atoms with Crippen LogP contribution in [0.4, 0.5) is 4.39 Å². The fraction of sp³-hybridized carbons (Fsp3) is 0.571. The third-order valence-electron chi connectivity index (χ3n) is 3.52. The van der Waals surface area contributed by atoms with Crippen molar-refractivity contribution in [1.82, 2.24) is 5.32 Å². The lowest BCUT2D eigenvalue weighted by Crippen LogP contribution is -2.33. The van der Waals surface area contributed by atoms with Gasteiger partial charge in [-0.05, 0) is 54.7 Å². The van der Waals surface area contributed by atoms with Crippen LogP contribution in [0.1, 0.15) is 24.9 Å². The van der Waals surface area contributed by atoms with Crippen molar-refractivity contribution in [3.63, 3.8) is 0 Å². The van der Waals surface area contributed by atoms with Gasteiger partial charge in [0.1, 0.15) is 5.82 Å². The number of hydrogen-bond donors (Lipinski definition) is 1. The summed E-state index contributed by atoms with van der Waals surface area (Å²) >= 11 is 1.79. The summed E-state index contributed by atoms with van der Waals surface area (Å²) < 4.78 is 37.4. The number of nitrogens with one attached hydrogen (secondary N) is 1. The molecule has 1 aromatic rings. The molecule has 0 radical (unpaired) electrons. The van der Waals surface area contributed by atoms with Gasteiger partial charge in [0.2, 0.25) is 0 Å². The van der Waals surface area contributed by atoms with Gasteiger partial charge in [-0.2, -0.15) is 11.8 Å². The Kier molecular flexibility index (Phi) is 5.09. The zero-order valence-electron chi connectivity index (χ0n) is 11.7. The van der Waals surface area contributed by atoms with E-state index in [9.17, 15) is 12.8 Å². The molecule has 112 valence electrons.